The Morgan fingerprint density at radius 2 is 1.68 bits per heavy atom. The summed E-state index contributed by atoms with van der Waals surface area (Å²) in [4.78, 5) is 14.8. The summed E-state index contributed by atoms with van der Waals surface area (Å²) in [5.74, 6) is 0.0699. The Bertz CT molecular complexity index is 741. The van der Waals surface area contributed by atoms with E-state index >= 15 is 0 Å². The fraction of sp³-hybridized carbons (Fsp3) is 0.316. The second kappa shape index (κ2) is 8.41. The van der Waals surface area contributed by atoms with Crippen molar-refractivity contribution in [2.75, 3.05) is 18.4 Å². The van der Waals surface area contributed by atoms with Gasteiger partial charge in [0.1, 0.15) is 0 Å². The SMILES string of the molecule is O=C(Nc1ccc(Cl)c(Cl)c1)C1CCN(Cc2ccc(Cl)cc2)CC1. The number of amides is 1. The molecule has 1 N–H and O–H groups in total. The van der Waals surface area contributed by atoms with E-state index < -0.39 is 0 Å². The molecule has 1 aliphatic heterocycles. The zero-order valence-corrected chi connectivity index (χ0v) is 15.9. The number of piperidine rings is 1. The van der Waals surface area contributed by atoms with Crippen LogP contribution in [0.4, 0.5) is 5.69 Å². The van der Waals surface area contributed by atoms with Crippen molar-refractivity contribution < 1.29 is 4.79 Å². The molecule has 1 saturated heterocycles. The van der Waals surface area contributed by atoms with Gasteiger partial charge in [0.05, 0.1) is 10.0 Å². The van der Waals surface area contributed by atoms with Crippen LogP contribution in [0, 0.1) is 5.92 Å². The predicted octanol–water partition coefficient (Wildman–Crippen LogP) is 5.50. The van der Waals surface area contributed by atoms with Crippen LogP contribution in [0.15, 0.2) is 42.5 Å². The molecule has 6 heteroatoms. The molecule has 1 heterocycles. The lowest BCUT2D eigenvalue weighted by Crippen LogP contribution is -2.37. The number of rotatable bonds is 4. The predicted molar refractivity (Wildman–Crippen MR) is 105 cm³/mol. The third kappa shape index (κ3) is 5.11. The molecule has 3 nitrogen and oxygen atoms in total. The third-order valence-corrected chi connectivity index (χ3v) is 5.46. The Kier molecular flexibility index (Phi) is 6.24. The first kappa shape index (κ1) is 18.5. The van der Waals surface area contributed by atoms with Crippen molar-refractivity contribution in [3.8, 4) is 0 Å². The van der Waals surface area contributed by atoms with Crippen molar-refractivity contribution in [3.05, 3.63) is 63.1 Å². The highest BCUT2D eigenvalue weighted by molar-refractivity contribution is 6.42. The Morgan fingerprint density at radius 1 is 1.00 bits per heavy atom. The van der Waals surface area contributed by atoms with E-state index in [1.165, 1.54) is 5.56 Å². The standard InChI is InChI=1S/C19H19Cl3N2O/c20-15-3-1-13(2-4-15)12-24-9-7-14(8-10-24)19(25)23-16-5-6-17(21)18(22)11-16/h1-6,11,14H,7-10,12H2,(H,23,25). The zero-order chi connectivity index (χ0) is 17.8. The van der Waals surface area contributed by atoms with Crippen molar-refractivity contribution in [3.63, 3.8) is 0 Å². The van der Waals surface area contributed by atoms with Crippen molar-refractivity contribution in [2.24, 2.45) is 5.92 Å². The highest BCUT2D eigenvalue weighted by Gasteiger charge is 2.25. The Morgan fingerprint density at radius 3 is 2.32 bits per heavy atom. The second-order valence-corrected chi connectivity index (χ2v) is 7.55. The topological polar surface area (TPSA) is 32.3 Å². The first-order valence-corrected chi connectivity index (χ1v) is 9.37. The van der Waals surface area contributed by atoms with Gasteiger partial charge in [-0.05, 0) is 61.8 Å². The first-order chi connectivity index (χ1) is 12.0. The smallest absolute Gasteiger partial charge is 0.227 e. The number of benzene rings is 2. The van der Waals surface area contributed by atoms with Gasteiger partial charge in [-0.1, -0.05) is 46.9 Å². The average molecular weight is 398 g/mol. The van der Waals surface area contributed by atoms with Crippen LogP contribution >= 0.6 is 34.8 Å². The van der Waals surface area contributed by atoms with Gasteiger partial charge in [0.15, 0.2) is 0 Å². The van der Waals surface area contributed by atoms with E-state index in [1.54, 1.807) is 18.2 Å². The molecule has 2 aromatic rings. The molecular formula is C19H19Cl3N2O. The normalized spacial score (nSPS) is 16.0. The highest BCUT2D eigenvalue weighted by atomic mass is 35.5. The summed E-state index contributed by atoms with van der Waals surface area (Å²) in [7, 11) is 0. The number of nitrogens with zero attached hydrogens (tertiary/aromatic N) is 1. The van der Waals surface area contributed by atoms with E-state index in [1.807, 2.05) is 24.3 Å². The number of nitrogens with one attached hydrogen (secondary N) is 1. The fourth-order valence-electron chi connectivity index (χ4n) is 3.02. The van der Waals surface area contributed by atoms with Crippen LogP contribution in [-0.2, 0) is 11.3 Å². The Hall–Kier alpha value is -1.26. The van der Waals surface area contributed by atoms with Crippen molar-refractivity contribution in [1.82, 2.24) is 4.90 Å². The van der Waals surface area contributed by atoms with E-state index in [0.29, 0.717) is 15.7 Å². The minimum Gasteiger partial charge on any atom is -0.326 e. The van der Waals surface area contributed by atoms with E-state index in [9.17, 15) is 4.79 Å². The lowest BCUT2D eigenvalue weighted by atomic mass is 9.95. The highest BCUT2D eigenvalue weighted by Crippen LogP contribution is 2.26. The van der Waals surface area contributed by atoms with E-state index in [-0.39, 0.29) is 11.8 Å². The number of halogens is 3. The molecule has 2 aromatic carbocycles. The van der Waals surface area contributed by atoms with Gasteiger partial charge in [-0.25, -0.2) is 0 Å². The molecule has 1 amide bonds. The monoisotopic (exact) mass is 396 g/mol. The van der Waals surface area contributed by atoms with Gasteiger partial charge < -0.3 is 5.32 Å². The summed E-state index contributed by atoms with van der Waals surface area (Å²) >= 11 is 17.8. The number of hydrogen-bond donors (Lipinski definition) is 1. The van der Waals surface area contributed by atoms with Crippen molar-refractivity contribution in [1.29, 1.82) is 0 Å². The molecule has 1 fully saturated rings. The van der Waals surface area contributed by atoms with Gasteiger partial charge in [0.25, 0.3) is 0 Å². The van der Waals surface area contributed by atoms with Gasteiger partial charge in [-0.3, -0.25) is 9.69 Å². The number of carbonyl (C=O) groups is 1. The molecule has 0 unspecified atom stereocenters. The van der Waals surface area contributed by atoms with Gasteiger partial charge in [0.2, 0.25) is 5.91 Å². The van der Waals surface area contributed by atoms with Crippen LogP contribution in [0.25, 0.3) is 0 Å². The number of hydrogen-bond acceptors (Lipinski definition) is 2. The van der Waals surface area contributed by atoms with E-state index in [4.69, 9.17) is 34.8 Å². The molecule has 25 heavy (non-hydrogen) atoms. The first-order valence-electron chi connectivity index (χ1n) is 8.24. The van der Waals surface area contributed by atoms with Crippen molar-refractivity contribution in [2.45, 2.75) is 19.4 Å². The summed E-state index contributed by atoms with van der Waals surface area (Å²) in [6.07, 6.45) is 1.70. The van der Waals surface area contributed by atoms with Crippen LogP contribution in [0.2, 0.25) is 15.1 Å². The number of anilines is 1. The molecule has 0 saturated carbocycles. The largest absolute Gasteiger partial charge is 0.326 e. The summed E-state index contributed by atoms with van der Waals surface area (Å²) in [6.45, 7) is 2.70. The van der Waals surface area contributed by atoms with Gasteiger partial charge in [-0.15, -0.1) is 0 Å². The molecule has 0 bridgehead atoms. The lowest BCUT2D eigenvalue weighted by molar-refractivity contribution is -0.121. The summed E-state index contributed by atoms with van der Waals surface area (Å²) in [5.41, 5.74) is 1.92. The van der Waals surface area contributed by atoms with Crippen LogP contribution in [-0.4, -0.2) is 23.9 Å². The zero-order valence-electron chi connectivity index (χ0n) is 13.6. The van der Waals surface area contributed by atoms with Gasteiger partial charge in [0, 0.05) is 23.2 Å². The van der Waals surface area contributed by atoms with Crippen LogP contribution in [0.3, 0.4) is 0 Å². The maximum atomic E-state index is 12.4. The van der Waals surface area contributed by atoms with Crippen LogP contribution in [0.5, 0.6) is 0 Å². The fourth-order valence-corrected chi connectivity index (χ4v) is 3.44. The molecule has 132 valence electrons. The third-order valence-electron chi connectivity index (χ3n) is 4.46. The average Bonchev–Trinajstić information content (AvgIpc) is 2.61. The number of carbonyl (C=O) groups excluding carboxylic acids is 1. The van der Waals surface area contributed by atoms with E-state index in [0.717, 1.165) is 37.5 Å². The minimum atomic E-state index is 0.0240. The van der Waals surface area contributed by atoms with Crippen LogP contribution < -0.4 is 5.32 Å². The minimum absolute atomic E-state index is 0.0240. The molecule has 1 aliphatic rings. The van der Waals surface area contributed by atoms with Gasteiger partial charge >= 0.3 is 0 Å². The molecular weight excluding hydrogens is 379 g/mol. The van der Waals surface area contributed by atoms with Crippen LogP contribution in [0.1, 0.15) is 18.4 Å². The molecule has 3 rings (SSSR count). The van der Waals surface area contributed by atoms with Gasteiger partial charge in [-0.2, -0.15) is 0 Å². The molecule has 0 atom stereocenters. The molecule has 0 aliphatic carbocycles. The second-order valence-electron chi connectivity index (χ2n) is 6.30. The van der Waals surface area contributed by atoms with E-state index in [2.05, 4.69) is 10.2 Å². The maximum Gasteiger partial charge on any atom is 0.227 e. The summed E-state index contributed by atoms with van der Waals surface area (Å²) in [5, 5.41) is 4.61. The number of likely N-dealkylation sites (tertiary alicyclic amines) is 1. The summed E-state index contributed by atoms with van der Waals surface area (Å²) in [6, 6.07) is 13.0. The van der Waals surface area contributed by atoms with Crippen molar-refractivity contribution >= 4 is 46.4 Å². The quantitative estimate of drug-likeness (QED) is 0.739. The summed E-state index contributed by atoms with van der Waals surface area (Å²) < 4.78 is 0. The Balaban J connectivity index is 1.50. The lowest BCUT2D eigenvalue weighted by Gasteiger charge is -2.31. The molecule has 0 radical (unpaired) electrons. The molecule has 0 spiro atoms. The maximum absolute atomic E-state index is 12.4. The Labute approximate surface area is 162 Å². The molecule has 0 aromatic heterocycles.